The van der Waals surface area contributed by atoms with Crippen molar-refractivity contribution in [1.82, 2.24) is 4.90 Å². The molecule has 0 radical (unpaired) electrons. The number of nitrogens with two attached hydrogens (primary N) is 1. The first-order valence-electron chi connectivity index (χ1n) is 7.11. The van der Waals surface area contributed by atoms with E-state index in [1.54, 1.807) is 0 Å². The molecule has 0 aliphatic heterocycles. The molecule has 0 amide bonds. The summed E-state index contributed by atoms with van der Waals surface area (Å²) >= 11 is 6.24. The number of rotatable bonds is 3. The first-order valence-corrected chi connectivity index (χ1v) is 7.49. The minimum atomic E-state index is 0.520. The minimum absolute atomic E-state index is 0.520. The van der Waals surface area contributed by atoms with Crippen molar-refractivity contribution >= 4 is 17.3 Å². The van der Waals surface area contributed by atoms with Crippen LogP contribution in [-0.4, -0.2) is 18.0 Å². The summed E-state index contributed by atoms with van der Waals surface area (Å²) in [6, 6.07) is 6.41. The molecule has 106 valence electrons. The van der Waals surface area contributed by atoms with Gasteiger partial charge in [-0.1, -0.05) is 25.4 Å². The Balaban J connectivity index is 1.98. The van der Waals surface area contributed by atoms with Crippen molar-refractivity contribution in [2.75, 3.05) is 12.8 Å². The third-order valence-corrected chi connectivity index (χ3v) is 4.79. The van der Waals surface area contributed by atoms with E-state index in [4.69, 9.17) is 17.3 Å². The van der Waals surface area contributed by atoms with E-state index in [2.05, 4.69) is 25.8 Å². The van der Waals surface area contributed by atoms with Crippen LogP contribution in [0.1, 0.15) is 45.1 Å². The molecular formula is C16H25ClN2. The summed E-state index contributed by atoms with van der Waals surface area (Å²) in [6.45, 7) is 5.63. The van der Waals surface area contributed by atoms with Gasteiger partial charge in [0.15, 0.2) is 0 Å². The highest BCUT2D eigenvalue weighted by molar-refractivity contribution is 6.31. The number of anilines is 1. The smallest absolute Gasteiger partial charge is 0.0452 e. The fourth-order valence-corrected chi connectivity index (χ4v) is 3.12. The van der Waals surface area contributed by atoms with Crippen LogP contribution in [0.15, 0.2) is 18.2 Å². The van der Waals surface area contributed by atoms with Gasteiger partial charge in [-0.05, 0) is 61.9 Å². The first kappa shape index (κ1) is 14.7. The third kappa shape index (κ3) is 3.87. The second-order valence-electron chi connectivity index (χ2n) is 6.66. The van der Waals surface area contributed by atoms with Crippen LogP contribution in [0, 0.1) is 5.41 Å². The van der Waals surface area contributed by atoms with Crippen molar-refractivity contribution in [3.63, 3.8) is 0 Å². The van der Waals surface area contributed by atoms with Gasteiger partial charge in [0.2, 0.25) is 0 Å². The molecule has 3 heteroatoms. The van der Waals surface area contributed by atoms with Crippen LogP contribution in [0.25, 0.3) is 0 Å². The highest BCUT2D eigenvalue weighted by Crippen LogP contribution is 2.37. The zero-order chi connectivity index (χ0) is 14.0. The van der Waals surface area contributed by atoms with Crippen LogP contribution >= 0.6 is 11.6 Å². The van der Waals surface area contributed by atoms with E-state index in [1.807, 2.05) is 18.2 Å². The van der Waals surface area contributed by atoms with Gasteiger partial charge in [-0.15, -0.1) is 0 Å². The van der Waals surface area contributed by atoms with Crippen LogP contribution in [0.4, 0.5) is 5.69 Å². The van der Waals surface area contributed by atoms with Crippen molar-refractivity contribution in [2.45, 2.75) is 52.1 Å². The fourth-order valence-electron chi connectivity index (χ4n) is 2.94. The largest absolute Gasteiger partial charge is 0.399 e. The lowest BCUT2D eigenvalue weighted by atomic mass is 9.75. The molecule has 1 aliphatic carbocycles. The Labute approximate surface area is 121 Å². The van der Waals surface area contributed by atoms with Gasteiger partial charge in [-0.25, -0.2) is 0 Å². The summed E-state index contributed by atoms with van der Waals surface area (Å²) in [5.41, 5.74) is 8.28. The lowest BCUT2D eigenvalue weighted by Crippen LogP contribution is -2.36. The predicted molar refractivity (Wildman–Crippen MR) is 83.4 cm³/mol. The molecule has 2 rings (SSSR count). The van der Waals surface area contributed by atoms with Crippen molar-refractivity contribution < 1.29 is 0 Å². The molecule has 1 aromatic rings. The summed E-state index contributed by atoms with van der Waals surface area (Å²) < 4.78 is 0. The van der Waals surface area contributed by atoms with E-state index in [0.717, 1.165) is 22.8 Å². The molecule has 0 saturated heterocycles. The maximum absolute atomic E-state index is 6.24. The summed E-state index contributed by atoms with van der Waals surface area (Å²) in [5, 5.41) is 0.817. The summed E-state index contributed by atoms with van der Waals surface area (Å²) in [6.07, 6.45) is 5.19. The Bertz CT molecular complexity index is 432. The van der Waals surface area contributed by atoms with Crippen molar-refractivity contribution in [3.8, 4) is 0 Å². The van der Waals surface area contributed by atoms with Gasteiger partial charge in [0.1, 0.15) is 0 Å². The number of hydrogen-bond acceptors (Lipinski definition) is 2. The Hall–Kier alpha value is -0.730. The normalized spacial score (nSPS) is 19.8. The lowest BCUT2D eigenvalue weighted by molar-refractivity contribution is 0.123. The molecule has 1 aliphatic rings. The Morgan fingerprint density at radius 1 is 1.32 bits per heavy atom. The van der Waals surface area contributed by atoms with Crippen molar-refractivity contribution in [2.24, 2.45) is 5.41 Å². The fraction of sp³-hybridized carbons (Fsp3) is 0.625. The van der Waals surface area contributed by atoms with Gasteiger partial charge < -0.3 is 5.73 Å². The molecule has 1 fully saturated rings. The Morgan fingerprint density at radius 2 is 1.95 bits per heavy atom. The molecule has 2 N–H and O–H groups in total. The van der Waals surface area contributed by atoms with Gasteiger partial charge in [-0.3, -0.25) is 4.90 Å². The highest BCUT2D eigenvalue weighted by Gasteiger charge is 2.28. The maximum Gasteiger partial charge on any atom is 0.0452 e. The average Bonchev–Trinajstić information content (AvgIpc) is 2.33. The molecule has 2 nitrogen and oxygen atoms in total. The van der Waals surface area contributed by atoms with Gasteiger partial charge >= 0.3 is 0 Å². The predicted octanol–water partition coefficient (Wildman–Crippen LogP) is 4.32. The van der Waals surface area contributed by atoms with Gasteiger partial charge in [0.25, 0.3) is 0 Å². The summed E-state index contributed by atoms with van der Waals surface area (Å²) in [5.74, 6) is 0. The average molecular weight is 281 g/mol. The van der Waals surface area contributed by atoms with Gasteiger partial charge in [0.05, 0.1) is 0 Å². The molecule has 1 aromatic carbocycles. The summed E-state index contributed by atoms with van der Waals surface area (Å²) in [7, 11) is 2.20. The zero-order valence-electron chi connectivity index (χ0n) is 12.2. The monoisotopic (exact) mass is 280 g/mol. The molecule has 0 spiro atoms. The summed E-state index contributed by atoms with van der Waals surface area (Å²) in [4.78, 5) is 2.43. The third-order valence-electron chi connectivity index (χ3n) is 4.42. The van der Waals surface area contributed by atoms with E-state index >= 15 is 0 Å². The van der Waals surface area contributed by atoms with Gasteiger partial charge in [0, 0.05) is 23.3 Å². The quantitative estimate of drug-likeness (QED) is 0.836. The van der Waals surface area contributed by atoms with Crippen LogP contribution in [0.2, 0.25) is 5.02 Å². The Morgan fingerprint density at radius 3 is 2.58 bits per heavy atom. The maximum atomic E-state index is 6.24. The van der Waals surface area contributed by atoms with Crippen LogP contribution in [-0.2, 0) is 6.54 Å². The molecule has 1 saturated carbocycles. The number of benzene rings is 1. The number of hydrogen-bond donors (Lipinski definition) is 1. The molecular weight excluding hydrogens is 256 g/mol. The van der Waals surface area contributed by atoms with E-state index in [-0.39, 0.29) is 0 Å². The molecule has 0 heterocycles. The standard InChI is InChI=1S/C16H25ClN2/c1-16(2)8-6-14(7-9-16)19(3)11-12-10-13(18)4-5-15(12)17/h4-5,10,14H,6-9,11,18H2,1-3H3. The highest BCUT2D eigenvalue weighted by atomic mass is 35.5. The number of nitrogen functional groups attached to an aromatic ring is 1. The first-order chi connectivity index (χ1) is 8.87. The molecule has 0 unspecified atom stereocenters. The SMILES string of the molecule is CN(Cc1cc(N)ccc1Cl)C1CCC(C)(C)CC1. The molecule has 0 bridgehead atoms. The zero-order valence-corrected chi connectivity index (χ0v) is 13.0. The second-order valence-corrected chi connectivity index (χ2v) is 7.07. The molecule has 0 atom stereocenters. The second kappa shape index (κ2) is 5.72. The molecule has 19 heavy (non-hydrogen) atoms. The topological polar surface area (TPSA) is 29.3 Å². The van der Waals surface area contributed by atoms with Crippen LogP contribution < -0.4 is 5.73 Å². The molecule has 0 aromatic heterocycles. The van der Waals surface area contributed by atoms with E-state index in [0.29, 0.717) is 11.5 Å². The van der Waals surface area contributed by atoms with Crippen molar-refractivity contribution in [1.29, 1.82) is 0 Å². The van der Waals surface area contributed by atoms with Crippen LogP contribution in [0.3, 0.4) is 0 Å². The number of nitrogens with zero attached hydrogens (tertiary/aromatic N) is 1. The van der Waals surface area contributed by atoms with Crippen molar-refractivity contribution in [3.05, 3.63) is 28.8 Å². The van der Waals surface area contributed by atoms with E-state index in [1.165, 1.54) is 25.7 Å². The van der Waals surface area contributed by atoms with E-state index in [9.17, 15) is 0 Å². The van der Waals surface area contributed by atoms with Crippen LogP contribution in [0.5, 0.6) is 0 Å². The lowest BCUT2D eigenvalue weighted by Gasteiger charge is -2.38. The number of halogens is 1. The Kier molecular flexibility index (Phi) is 4.42. The minimum Gasteiger partial charge on any atom is -0.399 e. The van der Waals surface area contributed by atoms with Gasteiger partial charge in [-0.2, -0.15) is 0 Å². The van der Waals surface area contributed by atoms with E-state index < -0.39 is 0 Å².